The van der Waals surface area contributed by atoms with Crippen molar-refractivity contribution >= 4 is 5.78 Å². The van der Waals surface area contributed by atoms with E-state index in [-0.39, 0.29) is 10.8 Å². The Balaban J connectivity index is 3.48. The van der Waals surface area contributed by atoms with Crippen LogP contribution in [0.2, 0.25) is 0 Å². The molecule has 2 heteroatoms. The maximum atomic E-state index is 12.4. The van der Waals surface area contributed by atoms with E-state index in [2.05, 4.69) is 60.4 Å². The van der Waals surface area contributed by atoms with E-state index in [1.165, 1.54) is 5.70 Å². The number of allylic oxidation sites excluding steroid dienone is 2. The average molecular weight is 237 g/mol. The van der Waals surface area contributed by atoms with Crippen molar-refractivity contribution in [2.75, 3.05) is 7.05 Å². The van der Waals surface area contributed by atoms with Gasteiger partial charge in [-0.1, -0.05) is 41.5 Å². The van der Waals surface area contributed by atoms with Gasteiger partial charge in [-0.15, -0.1) is 0 Å². The van der Waals surface area contributed by atoms with Crippen LogP contribution in [0.1, 0.15) is 54.9 Å². The van der Waals surface area contributed by atoms with Crippen LogP contribution in [0.25, 0.3) is 0 Å². The molecular weight excluding hydrogens is 210 g/mol. The number of carbonyl (C=O) groups excluding carboxylic acids is 1. The van der Waals surface area contributed by atoms with Crippen LogP contribution in [0.3, 0.4) is 0 Å². The van der Waals surface area contributed by atoms with E-state index in [1.807, 2.05) is 0 Å². The van der Waals surface area contributed by atoms with Crippen molar-refractivity contribution in [3.05, 3.63) is 11.3 Å². The summed E-state index contributed by atoms with van der Waals surface area (Å²) in [6.45, 7) is 15.1. The van der Waals surface area contributed by atoms with Gasteiger partial charge >= 0.3 is 0 Å². The maximum Gasteiger partial charge on any atom is 0.163 e. The molecule has 0 aromatic heterocycles. The number of carbonyl (C=O) groups is 1. The number of hydrogen-bond donors (Lipinski definition) is 0. The molecule has 0 bridgehead atoms. The van der Waals surface area contributed by atoms with E-state index < -0.39 is 0 Å². The molecule has 0 aliphatic carbocycles. The molecule has 0 aromatic carbocycles. The summed E-state index contributed by atoms with van der Waals surface area (Å²) in [5, 5.41) is 0. The van der Waals surface area contributed by atoms with Crippen LogP contribution in [-0.4, -0.2) is 23.8 Å². The summed E-state index contributed by atoms with van der Waals surface area (Å²) in [4.78, 5) is 14.7. The van der Waals surface area contributed by atoms with Crippen molar-refractivity contribution in [1.29, 1.82) is 0 Å². The maximum absolute atomic E-state index is 12.4. The van der Waals surface area contributed by atoms with Gasteiger partial charge in [0, 0.05) is 36.2 Å². The first-order chi connectivity index (χ1) is 7.46. The molecule has 0 N–H and O–H groups in total. The van der Waals surface area contributed by atoms with Gasteiger partial charge in [0.1, 0.15) is 0 Å². The molecule has 1 heterocycles. The van der Waals surface area contributed by atoms with Gasteiger partial charge in [-0.2, -0.15) is 0 Å². The molecule has 0 saturated carbocycles. The predicted octanol–water partition coefficient (Wildman–Crippen LogP) is 3.63. The topological polar surface area (TPSA) is 20.3 Å². The molecule has 1 atom stereocenters. The van der Waals surface area contributed by atoms with E-state index in [9.17, 15) is 4.79 Å². The minimum atomic E-state index is -0.0753. The van der Waals surface area contributed by atoms with Crippen molar-refractivity contribution < 1.29 is 4.79 Å². The third kappa shape index (κ3) is 2.72. The fourth-order valence-electron chi connectivity index (χ4n) is 2.71. The van der Waals surface area contributed by atoms with Gasteiger partial charge in [0.25, 0.3) is 0 Å². The highest BCUT2D eigenvalue weighted by Crippen LogP contribution is 2.42. The molecule has 1 rings (SSSR count). The monoisotopic (exact) mass is 237 g/mol. The zero-order valence-corrected chi connectivity index (χ0v) is 12.6. The predicted molar refractivity (Wildman–Crippen MR) is 72.8 cm³/mol. The number of ketones is 1. The van der Waals surface area contributed by atoms with Crippen molar-refractivity contribution in [3.8, 4) is 0 Å². The molecule has 0 amide bonds. The fourth-order valence-corrected chi connectivity index (χ4v) is 2.71. The van der Waals surface area contributed by atoms with E-state index in [0.29, 0.717) is 18.2 Å². The quantitative estimate of drug-likeness (QED) is 0.641. The standard InChI is InChI=1S/C15H27NO/c1-10-9-11(17)12(14(2,3)4)13(16(10)8)15(5,6)7/h10H,9H2,1-8H3. The zero-order valence-electron chi connectivity index (χ0n) is 12.6. The molecule has 1 aliphatic heterocycles. The Kier molecular flexibility index (Phi) is 3.48. The number of hydrogen-bond acceptors (Lipinski definition) is 2. The Hall–Kier alpha value is -0.790. The second kappa shape index (κ2) is 4.15. The lowest BCUT2D eigenvalue weighted by molar-refractivity contribution is -0.118. The third-order valence-corrected chi connectivity index (χ3v) is 3.47. The molecule has 0 radical (unpaired) electrons. The van der Waals surface area contributed by atoms with Gasteiger partial charge in [-0.05, 0) is 12.3 Å². The second-order valence-corrected chi connectivity index (χ2v) is 7.31. The highest BCUT2D eigenvalue weighted by Gasteiger charge is 2.39. The number of nitrogens with zero attached hydrogens (tertiary/aromatic N) is 1. The molecule has 0 fully saturated rings. The SMILES string of the molecule is CC1CC(=O)C(C(C)(C)C)=C(C(C)(C)C)N1C. The molecule has 2 nitrogen and oxygen atoms in total. The van der Waals surface area contributed by atoms with E-state index in [0.717, 1.165) is 5.57 Å². The first-order valence-corrected chi connectivity index (χ1v) is 6.47. The van der Waals surface area contributed by atoms with Gasteiger partial charge in [0.05, 0.1) is 0 Å². The Morgan fingerprint density at radius 2 is 1.53 bits per heavy atom. The zero-order chi connectivity index (χ0) is 13.6. The normalized spacial score (nSPS) is 23.4. The minimum Gasteiger partial charge on any atom is -0.374 e. The van der Waals surface area contributed by atoms with Gasteiger partial charge in [-0.25, -0.2) is 0 Å². The minimum absolute atomic E-state index is 0.0156. The summed E-state index contributed by atoms with van der Waals surface area (Å²) < 4.78 is 0. The fraction of sp³-hybridized carbons (Fsp3) is 0.800. The lowest BCUT2D eigenvalue weighted by Crippen LogP contribution is -2.44. The van der Waals surface area contributed by atoms with Crippen molar-refractivity contribution in [2.45, 2.75) is 60.9 Å². The first kappa shape index (κ1) is 14.3. The van der Waals surface area contributed by atoms with Gasteiger partial charge < -0.3 is 4.90 Å². The van der Waals surface area contributed by atoms with Crippen LogP contribution in [0, 0.1) is 10.8 Å². The Bertz CT molecular complexity index is 352. The van der Waals surface area contributed by atoms with E-state index >= 15 is 0 Å². The lowest BCUT2D eigenvalue weighted by Gasteiger charge is -2.44. The Morgan fingerprint density at radius 1 is 1.06 bits per heavy atom. The van der Waals surface area contributed by atoms with E-state index in [4.69, 9.17) is 0 Å². The summed E-state index contributed by atoms with van der Waals surface area (Å²) in [5.41, 5.74) is 2.18. The van der Waals surface area contributed by atoms with Crippen LogP contribution in [0.4, 0.5) is 0 Å². The van der Waals surface area contributed by atoms with Gasteiger partial charge in [-0.3, -0.25) is 4.79 Å². The number of rotatable bonds is 0. The van der Waals surface area contributed by atoms with Crippen molar-refractivity contribution in [2.24, 2.45) is 10.8 Å². The molecule has 98 valence electrons. The molecule has 0 aromatic rings. The van der Waals surface area contributed by atoms with Crippen LogP contribution in [-0.2, 0) is 4.79 Å². The van der Waals surface area contributed by atoms with Crippen LogP contribution in [0.15, 0.2) is 11.3 Å². The van der Waals surface area contributed by atoms with Gasteiger partial charge in [0.2, 0.25) is 0 Å². The summed E-state index contributed by atoms with van der Waals surface area (Å²) in [5.74, 6) is 0.327. The molecule has 17 heavy (non-hydrogen) atoms. The van der Waals surface area contributed by atoms with E-state index in [1.54, 1.807) is 0 Å². The molecule has 0 spiro atoms. The summed E-state index contributed by atoms with van der Waals surface area (Å²) in [6.07, 6.45) is 0.642. The first-order valence-electron chi connectivity index (χ1n) is 6.47. The Labute approximate surface area is 106 Å². The highest BCUT2D eigenvalue weighted by molar-refractivity contribution is 5.98. The summed E-state index contributed by atoms with van der Waals surface area (Å²) in [7, 11) is 2.11. The number of Topliss-reactive ketones (excluding diaryl/α,β-unsaturated/α-hetero) is 1. The lowest BCUT2D eigenvalue weighted by atomic mass is 9.73. The molecule has 0 saturated heterocycles. The summed E-state index contributed by atoms with van der Waals surface area (Å²) in [6, 6.07) is 0.308. The average Bonchev–Trinajstić information content (AvgIpc) is 2.06. The summed E-state index contributed by atoms with van der Waals surface area (Å²) >= 11 is 0. The van der Waals surface area contributed by atoms with Gasteiger partial charge in [0.15, 0.2) is 5.78 Å². The largest absolute Gasteiger partial charge is 0.374 e. The van der Waals surface area contributed by atoms with Crippen LogP contribution in [0.5, 0.6) is 0 Å². The van der Waals surface area contributed by atoms with Crippen LogP contribution >= 0.6 is 0 Å². The third-order valence-electron chi connectivity index (χ3n) is 3.47. The van der Waals surface area contributed by atoms with Crippen LogP contribution < -0.4 is 0 Å². The Morgan fingerprint density at radius 3 is 1.88 bits per heavy atom. The van der Waals surface area contributed by atoms with Crippen molar-refractivity contribution in [3.63, 3.8) is 0 Å². The molecular formula is C15H27NO. The second-order valence-electron chi connectivity index (χ2n) is 7.31. The molecule has 1 unspecified atom stereocenters. The molecule has 1 aliphatic rings. The van der Waals surface area contributed by atoms with Crippen molar-refractivity contribution in [1.82, 2.24) is 4.90 Å². The highest BCUT2D eigenvalue weighted by atomic mass is 16.1. The smallest absolute Gasteiger partial charge is 0.163 e.